The van der Waals surface area contributed by atoms with E-state index in [9.17, 15) is 0 Å². The van der Waals surface area contributed by atoms with Crippen molar-refractivity contribution in [1.29, 1.82) is 0 Å². The standard InChI is InChI=1S/C77H52B2N4O4SSi/c1-44-34-51-49-40-66-68(86-64-28-11-9-26-62(64)84-66)42-58(49)82(78-54-22-17-33-73-77(54)81(60(35-44)74(51)78)57-25-8-14-32-72(57)89(73,3)4)48-20-15-19-46(37-48)36-47-38-52-50-41-67-69(87-65-29-12-10-27-63(65)85-67)43-59(50)83(55-23-6-5-18-45(55)2)79-53-21-16-31-71-76(53)80(61(39-47)75(52)79)56-24-7-13-30-70(56)88-71/h5-35,37-43H,36H2,1-4H3. The largest absolute Gasteiger partial charge is 0.449 e. The van der Waals surface area contributed by atoms with Crippen LogP contribution in [0.15, 0.2) is 240 Å². The number of rotatable bonds is 4. The lowest BCUT2D eigenvalue weighted by molar-refractivity contribution is 0.360. The molecule has 8 heterocycles. The molecule has 20 rings (SSSR count). The van der Waals surface area contributed by atoms with Crippen molar-refractivity contribution in [1.82, 2.24) is 0 Å². The number of aryl methyl sites for hydroxylation is 2. The number of hydrogen-bond donors (Lipinski definition) is 0. The summed E-state index contributed by atoms with van der Waals surface area (Å²) in [6, 6.07) is 84.9. The summed E-state index contributed by atoms with van der Waals surface area (Å²) in [7, 11) is -2.19. The number of hydrogen-bond acceptors (Lipinski definition) is 9. The highest BCUT2D eigenvalue weighted by Gasteiger charge is 2.52. The third kappa shape index (κ3) is 6.87. The fourth-order valence-electron chi connectivity index (χ4n) is 16.0. The van der Waals surface area contributed by atoms with Crippen LogP contribution in [0.1, 0.15) is 22.3 Å². The van der Waals surface area contributed by atoms with Gasteiger partial charge in [0.05, 0.1) is 11.4 Å². The van der Waals surface area contributed by atoms with E-state index in [4.69, 9.17) is 18.9 Å². The first kappa shape index (κ1) is 49.8. The second-order valence-corrected chi connectivity index (χ2v) is 30.7. The molecule has 0 radical (unpaired) electrons. The van der Waals surface area contributed by atoms with Crippen molar-refractivity contribution in [3.63, 3.8) is 0 Å². The lowest BCUT2D eigenvalue weighted by atomic mass is 9.43. The molecule has 8 aliphatic heterocycles. The van der Waals surface area contributed by atoms with Gasteiger partial charge >= 0.3 is 13.7 Å². The molecule has 12 aromatic carbocycles. The van der Waals surface area contributed by atoms with Crippen LogP contribution >= 0.6 is 11.8 Å². The first-order chi connectivity index (χ1) is 43.7. The summed E-state index contributed by atoms with van der Waals surface area (Å²) < 4.78 is 27.2. The zero-order valence-corrected chi connectivity index (χ0v) is 50.9. The van der Waals surface area contributed by atoms with E-state index in [0.29, 0.717) is 52.4 Å². The molecule has 0 amide bonds. The topological polar surface area (TPSA) is 49.9 Å². The molecule has 89 heavy (non-hydrogen) atoms. The minimum Gasteiger partial charge on any atom is -0.449 e. The van der Waals surface area contributed by atoms with Gasteiger partial charge in [-0.25, -0.2) is 0 Å². The molecule has 0 aliphatic carbocycles. The van der Waals surface area contributed by atoms with Gasteiger partial charge < -0.3 is 38.4 Å². The van der Waals surface area contributed by atoms with Crippen LogP contribution in [0.25, 0.3) is 22.3 Å². The minimum absolute atomic E-state index is 0.168. The van der Waals surface area contributed by atoms with Gasteiger partial charge in [-0.15, -0.1) is 0 Å². The van der Waals surface area contributed by atoms with Crippen molar-refractivity contribution in [2.24, 2.45) is 0 Å². The fraction of sp³-hybridized carbons (Fsp3) is 0.0649. The summed E-state index contributed by atoms with van der Waals surface area (Å²) in [5, 5.41) is 2.91. The van der Waals surface area contributed by atoms with Gasteiger partial charge in [0.2, 0.25) is 0 Å². The van der Waals surface area contributed by atoms with Crippen LogP contribution in [0.5, 0.6) is 46.0 Å². The number of ether oxygens (including phenoxy) is 4. The number of nitrogens with zero attached hydrogens (tertiary/aromatic N) is 4. The van der Waals surface area contributed by atoms with E-state index in [1.165, 1.54) is 110 Å². The van der Waals surface area contributed by atoms with E-state index in [1.54, 1.807) is 0 Å². The maximum absolute atomic E-state index is 6.83. The molecule has 0 N–H and O–H groups in total. The number of benzene rings is 12. The molecule has 0 bridgehead atoms. The van der Waals surface area contributed by atoms with E-state index in [-0.39, 0.29) is 13.7 Å². The van der Waals surface area contributed by atoms with Crippen LogP contribution in [0, 0.1) is 13.8 Å². The van der Waals surface area contributed by atoms with Gasteiger partial charge in [-0.3, -0.25) is 0 Å². The molecule has 12 heteroatoms. The van der Waals surface area contributed by atoms with E-state index in [0.717, 1.165) is 33.9 Å². The van der Waals surface area contributed by atoms with E-state index in [2.05, 4.69) is 228 Å². The normalized spacial score (nSPS) is 15.1. The predicted molar refractivity (Wildman–Crippen MR) is 367 cm³/mol. The van der Waals surface area contributed by atoms with Gasteiger partial charge in [-0.05, 0) is 177 Å². The summed E-state index contributed by atoms with van der Waals surface area (Å²) >= 11 is 1.86. The quantitative estimate of drug-likeness (QED) is 0.160. The Kier molecular flexibility index (Phi) is 10.0. The molecule has 12 aromatic rings. The molecular weight excluding hydrogens is 1130 g/mol. The predicted octanol–water partition coefficient (Wildman–Crippen LogP) is 16.7. The molecule has 420 valence electrons. The molecule has 0 saturated heterocycles. The highest BCUT2D eigenvalue weighted by molar-refractivity contribution is 7.99. The first-order valence-electron chi connectivity index (χ1n) is 30.7. The molecule has 8 nitrogen and oxygen atoms in total. The highest BCUT2D eigenvalue weighted by atomic mass is 32.2. The maximum Gasteiger partial charge on any atom is 0.333 e. The second-order valence-electron chi connectivity index (χ2n) is 25.3. The van der Waals surface area contributed by atoms with Gasteiger partial charge in [-0.1, -0.05) is 152 Å². The Balaban J connectivity index is 0.801. The molecule has 0 atom stereocenters. The molecular formula is C77H52B2N4O4SSi. The smallest absolute Gasteiger partial charge is 0.333 e. The Morgan fingerprint density at radius 3 is 1.61 bits per heavy atom. The summed E-state index contributed by atoms with van der Waals surface area (Å²) in [5.74, 6) is 5.62. The van der Waals surface area contributed by atoms with Crippen LogP contribution in [0.3, 0.4) is 0 Å². The fourth-order valence-corrected chi connectivity index (χ4v) is 20.1. The average Bonchev–Trinajstić information content (AvgIpc) is 0.730. The maximum atomic E-state index is 6.83. The molecule has 0 saturated carbocycles. The van der Waals surface area contributed by atoms with Gasteiger partial charge in [0.15, 0.2) is 46.0 Å². The average molecular weight is 1180 g/mol. The molecule has 0 spiro atoms. The van der Waals surface area contributed by atoms with E-state index in [1.807, 2.05) is 60.3 Å². The van der Waals surface area contributed by atoms with E-state index < -0.39 is 8.07 Å². The second kappa shape index (κ2) is 17.9. The number of para-hydroxylation sites is 9. The van der Waals surface area contributed by atoms with Crippen molar-refractivity contribution >= 4 is 123 Å². The van der Waals surface area contributed by atoms with Gasteiger partial charge in [0.25, 0.3) is 0 Å². The summed E-state index contributed by atoms with van der Waals surface area (Å²) in [6.45, 7) is 9.19. The van der Waals surface area contributed by atoms with E-state index >= 15 is 0 Å². The Labute approximate surface area is 522 Å². The van der Waals surface area contributed by atoms with Gasteiger partial charge in [0, 0.05) is 78.5 Å². The lowest BCUT2D eigenvalue weighted by Crippen LogP contribution is -2.67. The Hall–Kier alpha value is -10.3. The Morgan fingerprint density at radius 1 is 0.371 bits per heavy atom. The molecule has 0 unspecified atom stereocenters. The number of fused-ring (bicyclic) bond motifs is 16. The lowest BCUT2D eigenvalue weighted by Gasteiger charge is -2.50. The SMILES string of the molecule is Cc1cc2c3c(c1)N1c4ccccc4[Si](C)(C)c4cccc(c41)B3N(c1cccc(Cc3cc4c5c(c3)N3c6ccccc6Sc6cccc(c63)B5N(c3ccccc3C)c3cc5c(cc3-4)Oc3ccccc3O5)c1)c1cc3c(cc1-2)Oc1ccccc1O3. The zero-order chi connectivity index (χ0) is 58.7. The van der Waals surface area contributed by atoms with Crippen LogP contribution in [0.2, 0.25) is 13.1 Å². The minimum atomic E-state index is -2.19. The van der Waals surface area contributed by atoms with Crippen LogP contribution < -0.4 is 70.6 Å². The van der Waals surface area contributed by atoms with Crippen molar-refractivity contribution in [2.45, 2.75) is 43.2 Å². The molecule has 0 aromatic heterocycles. The molecule has 8 aliphatic rings. The molecule has 0 fully saturated rings. The van der Waals surface area contributed by atoms with Crippen molar-refractivity contribution < 1.29 is 18.9 Å². The monoisotopic (exact) mass is 1180 g/mol. The van der Waals surface area contributed by atoms with Gasteiger partial charge in [-0.2, -0.15) is 0 Å². The zero-order valence-electron chi connectivity index (χ0n) is 49.1. The van der Waals surface area contributed by atoms with Crippen LogP contribution in [0.4, 0.5) is 56.9 Å². The van der Waals surface area contributed by atoms with Crippen molar-refractivity contribution in [3.05, 3.63) is 253 Å². The van der Waals surface area contributed by atoms with Crippen molar-refractivity contribution in [3.8, 4) is 68.2 Å². The van der Waals surface area contributed by atoms with Crippen LogP contribution in [-0.4, -0.2) is 21.8 Å². The third-order valence-corrected chi connectivity index (χ3v) is 24.4. The summed E-state index contributed by atoms with van der Waals surface area (Å²) in [4.78, 5) is 12.8. The van der Waals surface area contributed by atoms with Crippen molar-refractivity contribution in [2.75, 3.05) is 19.4 Å². The Morgan fingerprint density at radius 2 is 0.899 bits per heavy atom. The summed E-state index contributed by atoms with van der Waals surface area (Å²) in [5.41, 5.74) is 26.3. The summed E-state index contributed by atoms with van der Waals surface area (Å²) in [6.07, 6.45) is 0.668. The number of anilines is 10. The van der Waals surface area contributed by atoms with Gasteiger partial charge in [0.1, 0.15) is 8.07 Å². The van der Waals surface area contributed by atoms with Crippen LogP contribution in [-0.2, 0) is 6.42 Å². The highest BCUT2D eigenvalue weighted by Crippen LogP contribution is 2.59. The third-order valence-electron chi connectivity index (χ3n) is 19.8. The Bertz CT molecular complexity index is 5210. The first-order valence-corrected chi connectivity index (χ1v) is 34.5.